The van der Waals surface area contributed by atoms with Crippen LogP contribution in [-0.4, -0.2) is 56.0 Å². The maximum Gasteiger partial charge on any atom is 0.251 e. The van der Waals surface area contributed by atoms with Crippen LogP contribution in [0.5, 0.6) is 0 Å². The summed E-state index contributed by atoms with van der Waals surface area (Å²) in [4.78, 5) is 27.6. The Labute approximate surface area is 178 Å². The van der Waals surface area contributed by atoms with E-state index in [0.717, 1.165) is 61.2 Å². The van der Waals surface area contributed by atoms with Gasteiger partial charge in [0.25, 0.3) is 5.91 Å². The number of nitrogens with zero attached hydrogens (tertiary/aromatic N) is 1. The topological polar surface area (TPSA) is 58.6 Å². The van der Waals surface area contributed by atoms with E-state index in [4.69, 9.17) is 4.74 Å². The number of Topliss-reactive ketones (excluding diaryl/α,β-unsaturated/α-hetero) is 1. The third kappa shape index (κ3) is 4.79. The normalized spacial score (nSPS) is 19.1. The largest absolute Gasteiger partial charge is 0.383 e. The minimum Gasteiger partial charge on any atom is -0.383 e. The van der Waals surface area contributed by atoms with Gasteiger partial charge in [0, 0.05) is 43.3 Å². The highest BCUT2D eigenvalue weighted by molar-refractivity contribution is 5.99. The maximum absolute atomic E-state index is 12.9. The van der Waals surface area contributed by atoms with E-state index in [1.165, 1.54) is 0 Å². The highest BCUT2D eigenvalue weighted by Gasteiger charge is 2.28. The van der Waals surface area contributed by atoms with Crippen molar-refractivity contribution in [3.05, 3.63) is 59.2 Å². The van der Waals surface area contributed by atoms with Crippen LogP contribution in [0.4, 0.5) is 0 Å². The fraction of sp³-hybridized carbons (Fsp3) is 0.440. The highest BCUT2D eigenvalue weighted by Crippen LogP contribution is 2.27. The number of hydrogen-bond acceptors (Lipinski definition) is 4. The molecule has 1 saturated carbocycles. The van der Waals surface area contributed by atoms with Crippen molar-refractivity contribution in [3.63, 3.8) is 0 Å². The molecule has 2 fully saturated rings. The molecule has 2 aromatic rings. The van der Waals surface area contributed by atoms with E-state index < -0.39 is 0 Å². The molecule has 1 heterocycles. The first-order valence-corrected chi connectivity index (χ1v) is 10.8. The van der Waals surface area contributed by atoms with Crippen molar-refractivity contribution < 1.29 is 14.3 Å². The highest BCUT2D eigenvalue weighted by atomic mass is 16.5. The Morgan fingerprint density at radius 2 is 1.80 bits per heavy atom. The number of carbonyl (C=O) groups is 2. The van der Waals surface area contributed by atoms with Gasteiger partial charge < -0.3 is 15.0 Å². The van der Waals surface area contributed by atoms with Gasteiger partial charge in [-0.15, -0.1) is 0 Å². The summed E-state index contributed by atoms with van der Waals surface area (Å²) in [6.45, 7) is 5.38. The maximum atomic E-state index is 12.9. The molecule has 5 nitrogen and oxygen atoms in total. The molecule has 5 heteroatoms. The number of carbonyl (C=O) groups excluding carboxylic acids is 2. The summed E-state index contributed by atoms with van der Waals surface area (Å²) in [6, 6.07) is 14.0. The summed E-state index contributed by atoms with van der Waals surface area (Å²) in [6.07, 6.45) is 3.05. The lowest BCUT2D eigenvalue weighted by atomic mass is 9.93. The first-order valence-electron chi connectivity index (χ1n) is 10.8. The molecule has 1 amide bonds. The van der Waals surface area contributed by atoms with Gasteiger partial charge in [0.2, 0.25) is 0 Å². The molecule has 4 rings (SSSR count). The van der Waals surface area contributed by atoms with E-state index >= 15 is 0 Å². The van der Waals surface area contributed by atoms with E-state index in [1.807, 2.05) is 49.4 Å². The number of ether oxygens (including phenoxy) is 1. The minimum atomic E-state index is -0.00944. The molecule has 1 unspecified atom stereocenters. The van der Waals surface area contributed by atoms with Crippen molar-refractivity contribution in [1.29, 1.82) is 0 Å². The van der Waals surface area contributed by atoms with Crippen LogP contribution in [0, 0.1) is 12.8 Å². The SMILES string of the molecule is COCCN1CCC(C(=O)c2ccc(-c3cc(C(=O)NC4CC4)ccc3C)cc2)C1. The molecule has 2 aliphatic rings. The average molecular weight is 407 g/mol. The summed E-state index contributed by atoms with van der Waals surface area (Å²) in [5.41, 5.74) is 4.62. The molecule has 1 aliphatic heterocycles. The van der Waals surface area contributed by atoms with Gasteiger partial charge in [-0.1, -0.05) is 30.3 Å². The predicted octanol–water partition coefficient (Wildman–Crippen LogP) is 3.71. The Hall–Kier alpha value is -2.50. The molecule has 0 spiro atoms. The third-order valence-corrected chi connectivity index (χ3v) is 6.15. The number of amides is 1. The molecular weight excluding hydrogens is 376 g/mol. The van der Waals surface area contributed by atoms with Crippen molar-refractivity contribution >= 4 is 11.7 Å². The van der Waals surface area contributed by atoms with Gasteiger partial charge in [0.1, 0.15) is 0 Å². The second-order valence-electron chi connectivity index (χ2n) is 8.50. The molecule has 2 aromatic carbocycles. The Morgan fingerprint density at radius 1 is 1.07 bits per heavy atom. The molecule has 0 bridgehead atoms. The zero-order valence-corrected chi connectivity index (χ0v) is 17.8. The van der Waals surface area contributed by atoms with Crippen molar-refractivity contribution in [2.75, 3.05) is 33.4 Å². The number of ketones is 1. The van der Waals surface area contributed by atoms with Crippen molar-refractivity contribution in [1.82, 2.24) is 10.2 Å². The number of likely N-dealkylation sites (tertiary alicyclic amines) is 1. The predicted molar refractivity (Wildman–Crippen MR) is 118 cm³/mol. The van der Waals surface area contributed by atoms with Crippen LogP contribution in [0.3, 0.4) is 0 Å². The molecule has 1 aliphatic carbocycles. The molecule has 1 saturated heterocycles. The van der Waals surface area contributed by atoms with Crippen LogP contribution in [0.1, 0.15) is 45.5 Å². The van der Waals surface area contributed by atoms with Crippen molar-refractivity contribution in [2.45, 2.75) is 32.2 Å². The van der Waals surface area contributed by atoms with Crippen molar-refractivity contribution in [2.24, 2.45) is 5.92 Å². The standard InChI is InChI=1S/C25H30N2O3/c1-17-3-4-20(25(29)26-22-9-10-22)15-23(17)18-5-7-19(8-6-18)24(28)21-11-12-27(16-21)13-14-30-2/h3-8,15,21-22H,9-14,16H2,1-2H3,(H,26,29). The lowest BCUT2D eigenvalue weighted by Crippen LogP contribution is -2.26. The Balaban J connectivity index is 1.45. The molecule has 1 N–H and O–H groups in total. The summed E-state index contributed by atoms with van der Waals surface area (Å²) < 4.78 is 5.14. The second-order valence-corrected chi connectivity index (χ2v) is 8.50. The first kappa shape index (κ1) is 20.8. The molecule has 30 heavy (non-hydrogen) atoms. The van der Waals surface area contributed by atoms with E-state index in [2.05, 4.69) is 10.2 Å². The van der Waals surface area contributed by atoms with E-state index in [1.54, 1.807) is 7.11 Å². The van der Waals surface area contributed by atoms with Gasteiger partial charge in [-0.05, 0) is 61.6 Å². The monoisotopic (exact) mass is 406 g/mol. The van der Waals surface area contributed by atoms with Crippen LogP contribution < -0.4 is 5.32 Å². The second kappa shape index (κ2) is 9.11. The van der Waals surface area contributed by atoms with Crippen LogP contribution >= 0.6 is 0 Å². The van der Waals surface area contributed by atoms with E-state index in [-0.39, 0.29) is 17.6 Å². The molecule has 1 atom stereocenters. The van der Waals surface area contributed by atoms with E-state index in [0.29, 0.717) is 18.2 Å². The number of methoxy groups -OCH3 is 1. The average Bonchev–Trinajstić information content (AvgIpc) is 3.45. The smallest absolute Gasteiger partial charge is 0.251 e. The molecule has 0 aromatic heterocycles. The Kier molecular flexibility index (Phi) is 6.30. The fourth-order valence-corrected chi connectivity index (χ4v) is 4.09. The number of aryl methyl sites for hydroxylation is 1. The zero-order chi connectivity index (χ0) is 21.1. The van der Waals surface area contributed by atoms with Gasteiger partial charge in [-0.3, -0.25) is 9.59 Å². The quantitative estimate of drug-likeness (QED) is 0.679. The van der Waals surface area contributed by atoms with Gasteiger partial charge in [-0.2, -0.15) is 0 Å². The van der Waals surface area contributed by atoms with Gasteiger partial charge in [0.15, 0.2) is 5.78 Å². The molecule has 0 radical (unpaired) electrons. The zero-order valence-electron chi connectivity index (χ0n) is 17.8. The Morgan fingerprint density at radius 3 is 2.50 bits per heavy atom. The fourth-order valence-electron chi connectivity index (χ4n) is 4.09. The van der Waals surface area contributed by atoms with Gasteiger partial charge in [-0.25, -0.2) is 0 Å². The summed E-state index contributed by atoms with van der Waals surface area (Å²) in [7, 11) is 1.71. The number of rotatable bonds is 8. The first-order chi connectivity index (χ1) is 14.5. The lowest BCUT2D eigenvalue weighted by Gasteiger charge is -2.15. The molecule has 158 valence electrons. The minimum absolute atomic E-state index is 0.00944. The van der Waals surface area contributed by atoms with Gasteiger partial charge >= 0.3 is 0 Å². The Bertz CT molecular complexity index is 918. The van der Waals surface area contributed by atoms with Crippen LogP contribution in [0.15, 0.2) is 42.5 Å². The summed E-state index contributed by atoms with van der Waals surface area (Å²) >= 11 is 0. The van der Waals surface area contributed by atoms with E-state index in [9.17, 15) is 9.59 Å². The summed E-state index contributed by atoms with van der Waals surface area (Å²) in [5.74, 6) is 0.268. The number of benzene rings is 2. The van der Waals surface area contributed by atoms with Gasteiger partial charge in [0.05, 0.1) is 6.61 Å². The number of hydrogen-bond donors (Lipinski definition) is 1. The van der Waals surface area contributed by atoms with Crippen LogP contribution in [-0.2, 0) is 4.74 Å². The number of nitrogens with one attached hydrogen (secondary N) is 1. The van der Waals surface area contributed by atoms with Crippen LogP contribution in [0.25, 0.3) is 11.1 Å². The summed E-state index contributed by atoms with van der Waals surface area (Å²) in [5, 5.41) is 3.04. The van der Waals surface area contributed by atoms with Crippen LogP contribution in [0.2, 0.25) is 0 Å². The van der Waals surface area contributed by atoms with Crippen molar-refractivity contribution in [3.8, 4) is 11.1 Å². The lowest BCUT2D eigenvalue weighted by molar-refractivity contribution is 0.0916. The third-order valence-electron chi connectivity index (χ3n) is 6.15. The molecular formula is C25H30N2O3.